The molecule has 6 nitrogen and oxygen atoms in total. The zero-order valence-corrected chi connectivity index (χ0v) is 24.9. The van der Waals surface area contributed by atoms with E-state index in [0.29, 0.717) is 19.2 Å². The maximum Gasteiger partial charge on any atom is 0.417 e. The number of piperazine rings is 1. The van der Waals surface area contributed by atoms with Crippen LogP contribution < -0.4 is 15.9 Å². The Bertz CT molecular complexity index is 1690. The molecular weight excluding hydrogens is 642 g/mol. The van der Waals surface area contributed by atoms with Gasteiger partial charge in [-0.15, -0.1) is 11.8 Å². The van der Waals surface area contributed by atoms with E-state index in [1.165, 1.54) is 4.57 Å². The summed E-state index contributed by atoms with van der Waals surface area (Å²) in [5.41, 5.74) is -4.09. The summed E-state index contributed by atoms with van der Waals surface area (Å²) in [6.45, 7) is 3.04. The molecule has 2 saturated heterocycles. The SMILES string of the molecule is CC1CN(c2nc(=O)n3c4c(c(-c5cc(Cl)c(F)cc5F)c(C(F)(F)F)cc24)SCC2(CN(CC(F)(F)F)C2)C3)CC(C)N1. The first-order valence-electron chi connectivity index (χ1n) is 13.7. The predicted octanol–water partition coefficient (Wildman–Crippen LogP) is 6.17. The molecule has 6 rings (SSSR count). The minimum atomic E-state index is -5.03. The van der Waals surface area contributed by atoms with E-state index in [-0.39, 0.29) is 59.1 Å². The minimum Gasteiger partial charge on any atom is -0.353 e. The van der Waals surface area contributed by atoms with Crippen LogP contribution in [-0.2, 0) is 12.7 Å². The highest BCUT2D eigenvalue weighted by Crippen LogP contribution is 2.52. The van der Waals surface area contributed by atoms with E-state index < -0.39 is 63.3 Å². The molecule has 1 aromatic heterocycles. The van der Waals surface area contributed by atoms with Crippen LogP contribution in [0.2, 0.25) is 5.02 Å². The molecule has 0 aliphatic carbocycles. The second-order valence-corrected chi connectivity index (χ2v) is 13.4. The van der Waals surface area contributed by atoms with Gasteiger partial charge in [-0.25, -0.2) is 13.6 Å². The number of rotatable bonds is 3. The van der Waals surface area contributed by atoms with Crippen molar-refractivity contribution in [3.05, 3.63) is 50.9 Å². The molecule has 44 heavy (non-hydrogen) atoms. The summed E-state index contributed by atoms with van der Waals surface area (Å²) in [6.07, 6.45) is -9.48. The summed E-state index contributed by atoms with van der Waals surface area (Å²) in [4.78, 5) is 20.7. The topological polar surface area (TPSA) is 53.4 Å². The minimum absolute atomic E-state index is 0.00149. The largest absolute Gasteiger partial charge is 0.417 e. The third kappa shape index (κ3) is 5.64. The van der Waals surface area contributed by atoms with Gasteiger partial charge in [0.25, 0.3) is 0 Å². The lowest BCUT2D eigenvalue weighted by atomic mass is 9.81. The van der Waals surface area contributed by atoms with Crippen LogP contribution in [0.15, 0.2) is 27.9 Å². The van der Waals surface area contributed by atoms with Gasteiger partial charge in [-0.3, -0.25) is 9.47 Å². The number of halogens is 9. The summed E-state index contributed by atoms with van der Waals surface area (Å²) in [5, 5.41) is 2.72. The second-order valence-electron chi connectivity index (χ2n) is 12.0. The standard InChI is InChI=1S/C28H26ClF8N5OS/c1-13-6-41(7-14(2)38-13)24-16-3-17(28(35,36)37)21(15-4-18(29)20(31)5-19(15)30)23-22(16)42(25(43)39-24)10-26(12-44-23)8-40(9-26)11-27(32,33)34/h3-5,13-14,38H,6-12H2,1-2H3. The highest BCUT2D eigenvalue weighted by atomic mass is 35.5. The lowest BCUT2D eigenvalue weighted by Crippen LogP contribution is -2.61. The van der Waals surface area contributed by atoms with Crippen molar-refractivity contribution in [3.8, 4) is 11.1 Å². The number of aromatic nitrogens is 2. The van der Waals surface area contributed by atoms with Crippen LogP contribution >= 0.6 is 23.4 Å². The van der Waals surface area contributed by atoms with Crippen LogP contribution in [0.1, 0.15) is 19.4 Å². The molecule has 1 spiro atoms. The Morgan fingerprint density at radius 2 is 1.68 bits per heavy atom. The summed E-state index contributed by atoms with van der Waals surface area (Å²) < 4.78 is 115. The quantitative estimate of drug-likeness (QED) is 0.267. The van der Waals surface area contributed by atoms with E-state index >= 15 is 4.39 Å². The maximum atomic E-state index is 15.3. The van der Waals surface area contributed by atoms with Crippen molar-refractivity contribution < 1.29 is 35.1 Å². The van der Waals surface area contributed by atoms with Crippen molar-refractivity contribution >= 4 is 40.1 Å². The van der Waals surface area contributed by atoms with Gasteiger partial charge in [0, 0.05) is 83.5 Å². The molecule has 2 fully saturated rings. The Kier molecular flexibility index (Phi) is 7.65. The highest BCUT2D eigenvalue weighted by Gasteiger charge is 2.49. The highest BCUT2D eigenvalue weighted by molar-refractivity contribution is 7.99. The molecular formula is C28H26ClF8N5OS. The molecule has 2 atom stereocenters. The van der Waals surface area contributed by atoms with Crippen molar-refractivity contribution in [1.82, 2.24) is 19.8 Å². The second kappa shape index (κ2) is 10.7. The predicted molar refractivity (Wildman–Crippen MR) is 151 cm³/mol. The number of anilines is 1. The van der Waals surface area contributed by atoms with E-state index in [2.05, 4.69) is 10.3 Å². The van der Waals surface area contributed by atoms with Gasteiger partial charge >= 0.3 is 18.0 Å². The molecule has 238 valence electrons. The number of likely N-dealkylation sites (tertiary alicyclic amines) is 1. The average Bonchev–Trinajstić information content (AvgIpc) is 3.05. The van der Waals surface area contributed by atoms with Crippen molar-refractivity contribution in [3.63, 3.8) is 0 Å². The van der Waals surface area contributed by atoms with Gasteiger partial charge in [0.15, 0.2) is 0 Å². The monoisotopic (exact) mass is 667 g/mol. The Hall–Kier alpha value is -2.62. The Balaban J connectivity index is 1.63. The van der Waals surface area contributed by atoms with Gasteiger partial charge < -0.3 is 10.2 Å². The molecule has 0 saturated carbocycles. The third-order valence-electron chi connectivity index (χ3n) is 8.18. The normalized spacial score (nSPS) is 22.4. The van der Waals surface area contributed by atoms with E-state index in [4.69, 9.17) is 11.6 Å². The number of nitrogens with one attached hydrogen (secondary N) is 1. The first-order valence-corrected chi connectivity index (χ1v) is 15.1. The Morgan fingerprint density at radius 1 is 1.02 bits per heavy atom. The number of thioether (sulfide) groups is 1. The van der Waals surface area contributed by atoms with E-state index in [0.717, 1.165) is 28.8 Å². The molecule has 3 aliphatic rings. The Morgan fingerprint density at radius 3 is 2.30 bits per heavy atom. The number of hydrogen-bond acceptors (Lipinski definition) is 6. The van der Waals surface area contributed by atoms with Gasteiger partial charge in [-0.1, -0.05) is 11.6 Å². The lowest BCUT2D eigenvalue weighted by molar-refractivity contribution is -0.168. The van der Waals surface area contributed by atoms with Crippen molar-refractivity contribution in [2.24, 2.45) is 5.41 Å². The van der Waals surface area contributed by atoms with Crippen LogP contribution in [0.5, 0.6) is 0 Å². The summed E-state index contributed by atoms with van der Waals surface area (Å²) in [6, 6.07) is 1.83. The summed E-state index contributed by atoms with van der Waals surface area (Å²) in [7, 11) is 0. The molecule has 1 N–H and O–H groups in total. The van der Waals surface area contributed by atoms with Gasteiger partial charge in [0.05, 0.1) is 22.6 Å². The van der Waals surface area contributed by atoms with Crippen LogP contribution in [0.25, 0.3) is 22.0 Å². The van der Waals surface area contributed by atoms with Crippen LogP contribution in [0.3, 0.4) is 0 Å². The fraction of sp³-hybridized carbons (Fsp3) is 0.500. The smallest absolute Gasteiger partial charge is 0.353 e. The molecule has 16 heteroatoms. The van der Waals surface area contributed by atoms with E-state index in [9.17, 15) is 35.5 Å². The molecule has 0 amide bonds. The molecule has 2 aromatic carbocycles. The fourth-order valence-corrected chi connectivity index (χ4v) is 8.30. The Labute approximate surface area is 255 Å². The molecule has 3 aromatic rings. The number of hydrogen-bond donors (Lipinski definition) is 1. The average molecular weight is 668 g/mol. The van der Waals surface area contributed by atoms with Gasteiger partial charge in [0.1, 0.15) is 17.5 Å². The van der Waals surface area contributed by atoms with Crippen LogP contribution in [0.4, 0.5) is 40.9 Å². The van der Waals surface area contributed by atoms with E-state index in [1.54, 1.807) is 4.90 Å². The van der Waals surface area contributed by atoms with E-state index in [1.807, 2.05) is 13.8 Å². The molecule has 2 unspecified atom stereocenters. The van der Waals surface area contributed by atoms with Crippen LogP contribution in [0, 0.1) is 17.0 Å². The zero-order chi connectivity index (χ0) is 31.9. The molecule has 0 bridgehead atoms. The van der Waals surface area contributed by atoms with Crippen LogP contribution in [-0.4, -0.2) is 71.2 Å². The number of nitrogens with zero attached hydrogens (tertiary/aromatic N) is 4. The molecule has 3 aliphatic heterocycles. The van der Waals surface area contributed by atoms with Gasteiger partial charge in [-0.2, -0.15) is 31.3 Å². The summed E-state index contributed by atoms with van der Waals surface area (Å²) >= 11 is 6.82. The zero-order valence-electron chi connectivity index (χ0n) is 23.3. The lowest BCUT2D eigenvalue weighted by Gasteiger charge is -2.50. The summed E-state index contributed by atoms with van der Waals surface area (Å²) in [5.74, 6) is -2.38. The van der Waals surface area contributed by atoms with Crippen molar-refractivity contribution in [1.29, 1.82) is 0 Å². The fourth-order valence-electron chi connectivity index (χ4n) is 6.69. The molecule has 0 radical (unpaired) electrons. The maximum absolute atomic E-state index is 15.3. The van der Waals surface area contributed by atoms with Gasteiger partial charge in [-0.05, 0) is 26.0 Å². The van der Waals surface area contributed by atoms with Crippen molar-refractivity contribution in [2.75, 3.05) is 43.4 Å². The first-order chi connectivity index (χ1) is 20.4. The number of benzene rings is 2. The van der Waals surface area contributed by atoms with Gasteiger partial charge in [0.2, 0.25) is 0 Å². The number of alkyl halides is 6. The third-order valence-corrected chi connectivity index (χ3v) is 9.91. The molecule has 4 heterocycles. The first kappa shape index (κ1) is 31.4. The van der Waals surface area contributed by atoms with Crippen molar-refractivity contribution in [2.45, 2.75) is 49.7 Å².